The lowest BCUT2D eigenvalue weighted by molar-refractivity contribution is -0.0569. The van der Waals surface area contributed by atoms with Gasteiger partial charge in [0.05, 0.1) is 24.4 Å². The molecule has 4 N–H and O–H groups in total. The molecule has 0 aromatic rings. The number of rotatable bonds is 2. The molecule has 4 heteroatoms. The molecule has 1 saturated carbocycles. The van der Waals surface area contributed by atoms with Crippen LogP contribution in [0, 0.1) is 11.8 Å². The van der Waals surface area contributed by atoms with Gasteiger partial charge in [0.15, 0.2) is 0 Å². The third kappa shape index (κ3) is 2.02. The maximum atomic E-state index is 9.65. The van der Waals surface area contributed by atoms with Crippen LogP contribution in [0.1, 0.15) is 20.3 Å². The molecule has 13 heavy (non-hydrogen) atoms. The standard InChI is InChI=1S/C9H18O4/c1-4(2)8(12)7-5(10)3-6(11)9(7)13/h4-13H,3H2,1-2H3/t5?,6-,7+,8+,9?/m1/s1. The van der Waals surface area contributed by atoms with Crippen molar-refractivity contribution in [3.05, 3.63) is 0 Å². The van der Waals surface area contributed by atoms with Crippen molar-refractivity contribution in [2.45, 2.75) is 44.7 Å². The first-order chi connectivity index (χ1) is 5.95. The highest BCUT2D eigenvalue weighted by atomic mass is 16.3. The second kappa shape index (κ2) is 3.92. The molecule has 5 atom stereocenters. The summed E-state index contributed by atoms with van der Waals surface area (Å²) in [5, 5.41) is 37.8. The molecule has 4 nitrogen and oxygen atoms in total. The van der Waals surface area contributed by atoms with Gasteiger partial charge in [-0.15, -0.1) is 0 Å². The van der Waals surface area contributed by atoms with Crippen molar-refractivity contribution in [3.8, 4) is 0 Å². The number of hydrogen-bond acceptors (Lipinski definition) is 4. The summed E-state index contributed by atoms with van der Waals surface area (Å²) >= 11 is 0. The van der Waals surface area contributed by atoms with Crippen LogP contribution in [0.3, 0.4) is 0 Å². The molecule has 1 rings (SSSR count). The Morgan fingerprint density at radius 2 is 1.62 bits per heavy atom. The van der Waals surface area contributed by atoms with Gasteiger partial charge in [-0.2, -0.15) is 0 Å². The molecule has 0 radical (unpaired) electrons. The molecule has 1 aliphatic rings. The maximum Gasteiger partial charge on any atom is 0.0877 e. The van der Waals surface area contributed by atoms with Crippen LogP contribution < -0.4 is 0 Å². The first-order valence-electron chi connectivity index (χ1n) is 4.67. The fraction of sp³-hybridized carbons (Fsp3) is 1.00. The van der Waals surface area contributed by atoms with Crippen LogP contribution in [0.4, 0.5) is 0 Å². The molecule has 0 heterocycles. The third-order valence-corrected chi connectivity index (χ3v) is 2.79. The lowest BCUT2D eigenvalue weighted by atomic mass is 9.89. The predicted molar refractivity (Wildman–Crippen MR) is 47.0 cm³/mol. The molecule has 0 bridgehead atoms. The number of hydrogen-bond donors (Lipinski definition) is 4. The van der Waals surface area contributed by atoms with Crippen LogP contribution in [0.2, 0.25) is 0 Å². The van der Waals surface area contributed by atoms with E-state index in [9.17, 15) is 20.4 Å². The summed E-state index contributed by atoms with van der Waals surface area (Å²) in [5.41, 5.74) is 0. The van der Waals surface area contributed by atoms with Crippen LogP contribution in [0.25, 0.3) is 0 Å². The average Bonchev–Trinajstić information content (AvgIpc) is 2.26. The van der Waals surface area contributed by atoms with Gasteiger partial charge in [-0.3, -0.25) is 0 Å². The van der Waals surface area contributed by atoms with Gasteiger partial charge >= 0.3 is 0 Å². The highest BCUT2D eigenvalue weighted by Crippen LogP contribution is 2.31. The van der Waals surface area contributed by atoms with Crippen molar-refractivity contribution < 1.29 is 20.4 Å². The molecule has 78 valence electrons. The first kappa shape index (κ1) is 10.9. The fourth-order valence-corrected chi connectivity index (χ4v) is 1.90. The van der Waals surface area contributed by atoms with E-state index in [1.165, 1.54) is 0 Å². The van der Waals surface area contributed by atoms with Gasteiger partial charge in [-0.05, 0) is 5.92 Å². The Morgan fingerprint density at radius 1 is 1.08 bits per heavy atom. The SMILES string of the molecule is CC(C)[C@H](O)[C@@H]1C(O)C[C@@H](O)C1O. The summed E-state index contributed by atoms with van der Waals surface area (Å²) in [6.45, 7) is 3.63. The summed E-state index contributed by atoms with van der Waals surface area (Å²) in [6, 6.07) is 0. The van der Waals surface area contributed by atoms with E-state index >= 15 is 0 Å². The van der Waals surface area contributed by atoms with E-state index in [1.807, 2.05) is 13.8 Å². The number of aliphatic hydroxyl groups is 4. The Bertz CT molecular complexity index is 171. The minimum absolute atomic E-state index is 0.0281. The largest absolute Gasteiger partial charge is 0.393 e. The molecule has 0 aliphatic heterocycles. The van der Waals surface area contributed by atoms with E-state index in [-0.39, 0.29) is 12.3 Å². The molecule has 0 saturated heterocycles. The highest BCUT2D eigenvalue weighted by molar-refractivity contribution is 4.95. The van der Waals surface area contributed by atoms with Crippen molar-refractivity contribution in [2.24, 2.45) is 11.8 Å². The van der Waals surface area contributed by atoms with Gasteiger partial charge in [0.2, 0.25) is 0 Å². The second-order valence-electron chi connectivity index (χ2n) is 4.17. The van der Waals surface area contributed by atoms with Gasteiger partial charge in [0, 0.05) is 12.3 Å². The van der Waals surface area contributed by atoms with Gasteiger partial charge in [0.1, 0.15) is 0 Å². The molecule has 0 amide bonds. The zero-order valence-electron chi connectivity index (χ0n) is 7.96. The zero-order chi connectivity index (χ0) is 10.2. The van der Waals surface area contributed by atoms with Crippen LogP contribution in [0.15, 0.2) is 0 Å². The van der Waals surface area contributed by atoms with E-state index < -0.39 is 30.3 Å². The Morgan fingerprint density at radius 3 is 1.92 bits per heavy atom. The maximum absolute atomic E-state index is 9.65. The minimum Gasteiger partial charge on any atom is -0.393 e. The summed E-state index contributed by atoms with van der Waals surface area (Å²) in [7, 11) is 0. The van der Waals surface area contributed by atoms with E-state index in [0.717, 1.165) is 0 Å². The van der Waals surface area contributed by atoms with Crippen molar-refractivity contribution in [1.82, 2.24) is 0 Å². The van der Waals surface area contributed by atoms with Crippen molar-refractivity contribution in [3.63, 3.8) is 0 Å². The lowest BCUT2D eigenvalue weighted by Crippen LogP contribution is -2.39. The van der Waals surface area contributed by atoms with Crippen LogP contribution >= 0.6 is 0 Å². The molecule has 0 spiro atoms. The van der Waals surface area contributed by atoms with E-state index in [0.29, 0.717) is 0 Å². The average molecular weight is 190 g/mol. The monoisotopic (exact) mass is 190 g/mol. The normalized spacial score (nSPS) is 42.7. The quantitative estimate of drug-likeness (QED) is 0.455. The first-order valence-corrected chi connectivity index (χ1v) is 4.67. The molecule has 0 aromatic heterocycles. The van der Waals surface area contributed by atoms with E-state index in [4.69, 9.17) is 0 Å². The Labute approximate surface area is 77.8 Å². The van der Waals surface area contributed by atoms with Crippen molar-refractivity contribution in [1.29, 1.82) is 0 Å². The van der Waals surface area contributed by atoms with Crippen LogP contribution in [-0.2, 0) is 0 Å². The molecular formula is C9H18O4. The molecule has 0 aromatic carbocycles. The van der Waals surface area contributed by atoms with Crippen molar-refractivity contribution in [2.75, 3.05) is 0 Å². The summed E-state index contributed by atoms with van der Waals surface area (Å²) in [6.07, 6.45) is -3.33. The molecule has 2 unspecified atom stereocenters. The van der Waals surface area contributed by atoms with Gasteiger partial charge in [0.25, 0.3) is 0 Å². The summed E-state index contributed by atoms with van der Waals surface area (Å²) in [5.74, 6) is -0.644. The summed E-state index contributed by atoms with van der Waals surface area (Å²) in [4.78, 5) is 0. The van der Waals surface area contributed by atoms with Crippen LogP contribution in [0.5, 0.6) is 0 Å². The molecular weight excluding hydrogens is 172 g/mol. The van der Waals surface area contributed by atoms with E-state index in [2.05, 4.69) is 0 Å². The molecule has 1 fully saturated rings. The predicted octanol–water partition coefficient (Wildman–Crippen LogP) is -0.894. The van der Waals surface area contributed by atoms with Gasteiger partial charge in [-0.1, -0.05) is 13.8 Å². The molecule has 1 aliphatic carbocycles. The summed E-state index contributed by atoms with van der Waals surface area (Å²) < 4.78 is 0. The van der Waals surface area contributed by atoms with Crippen LogP contribution in [-0.4, -0.2) is 44.8 Å². The fourth-order valence-electron chi connectivity index (χ4n) is 1.90. The van der Waals surface area contributed by atoms with Crippen molar-refractivity contribution >= 4 is 0 Å². The van der Waals surface area contributed by atoms with Gasteiger partial charge < -0.3 is 20.4 Å². The lowest BCUT2D eigenvalue weighted by Gasteiger charge is -2.27. The Hall–Kier alpha value is -0.160. The Kier molecular flexibility index (Phi) is 3.29. The Balaban J connectivity index is 2.68. The second-order valence-corrected chi connectivity index (χ2v) is 4.17. The minimum atomic E-state index is -1.01. The topological polar surface area (TPSA) is 80.9 Å². The smallest absolute Gasteiger partial charge is 0.0877 e. The number of aliphatic hydroxyl groups excluding tert-OH is 4. The highest BCUT2D eigenvalue weighted by Gasteiger charge is 2.45. The van der Waals surface area contributed by atoms with E-state index in [1.54, 1.807) is 0 Å². The zero-order valence-corrected chi connectivity index (χ0v) is 7.96. The third-order valence-electron chi connectivity index (χ3n) is 2.79. The van der Waals surface area contributed by atoms with Gasteiger partial charge in [-0.25, -0.2) is 0 Å².